The number of anilines is 1. The zero-order chi connectivity index (χ0) is 17.5. The van der Waals surface area contributed by atoms with E-state index in [0.29, 0.717) is 31.1 Å². The molecule has 25 heavy (non-hydrogen) atoms. The van der Waals surface area contributed by atoms with E-state index in [1.54, 1.807) is 6.20 Å². The van der Waals surface area contributed by atoms with Crippen LogP contribution in [-0.4, -0.2) is 42.2 Å². The predicted molar refractivity (Wildman–Crippen MR) is 97.7 cm³/mol. The highest BCUT2D eigenvalue weighted by Crippen LogP contribution is 2.16. The zero-order valence-corrected chi connectivity index (χ0v) is 14.7. The molecule has 1 aromatic heterocycles. The standard InChI is InChI=1S/C18H22ClN3O3/c19-17-16(20-9-5-10-24-13-15-8-4-11-25-15)12-21-22(18(17)23)14-6-2-1-3-7-14/h1-3,6-7,12,15,20H,4-5,8-11,13H2. The van der Waals surface area contributed by atoms with Crippen molar-refractivity contribution in [3.8, 4) is 5.69 Å². The third kappa shape index (κ3) is 4.81. The summed E-state index contributed by atoms with van der Waals surface area (Å²) < 4.78 is 12.4. The number of para-hydroxylation sites is 1. The Kier molecular flexibility index (Phi) is 6.44. The minimum Gasteiger partial charge on any atom is -0.382 e. The van der Waals surface area contributed by atoms with Gasteiger partial charge >= 0.3 is 0 Å². The maximum atomic E-state index is 12.4. The minimum atomic E-state index is -0.340. The maximum Gasteiger partial charge on any atom is 0.292 e. The van der Waals surface area contributed by atoms with Gasteiger partial charge in [-0.25, -0.2) is 0 Å². The van der Waals surface area contributed by atoms with Crippen LogP contribution in [0.5, 0.6) is 0 Å². The fourth-order valence-corrected chi connectivity index (χ4v) is 2.89. The Morgan fingerprint density at radius 2 is 2.20 bits per heavy atom. The van der Waals surface area contributed by atoms with E-state index in [1.807, 2.05) is 30.3 Å². The average Bonchev–Trinajstić information content (AvgIpc) is 3.15. The normalized spacial score (nSPS) is 16.9. The van der Waals surface area contributed by atoms with Crippen molar-refractivity contribution in [1.29, 1.82) is 0 Å². The SMILES string of the molecule is O=c1c(Cl)c(NCCCOCC2CCCO2)cnn1-c1ccccc1. The van der Waals surface area contributed by atoms with Crippen LogP contribution in [0.3, 0.4) is 0 Å². The van der Waals surface area contributed by atoms with Gasteiger partial charge < -0.3 is 14.8 Å². The molecule has 1 unspecified atom stereocenters. The molecular weight excluding hydrogens is 342 g/mol. The molecule has 1 atom stereocenters. The van der Waals surface area contributed by atoms with Crippen molar-refractivity contribution >= 4 is 17.3 Å². The highest BCUT2D eigenvalue weighted by atomic mass is 35.5. The number of hydrogen-bond acceptors (Lipinski definition) is 5. The fraction of sp³-hybridized carbons (Fsp3) is 0.444. The summed E-state index contributed by atoms with van der Waals surface area (Å²) in [5.41, 5.74) is 0.883. The van der Waals surface area contributed by atoms with Crippen LogP contribution in [0.15, 0.2) is 41.3 Å². The van der Waals surface area contributed by atoms with E-state index in [1.165, 1.54) is 4.68 Å². The molecule has 0 aliphatic carbocycles. The van der Waals surface area contributed by atoms with E-state index in [9.17, 15) is 4.79 Å². The van der Waals surface area contributed by atoms with E-state index < -0.39 is 0 Å². The van der Waals surface area contributed by atoms with Crippen LogP contribution in [0.2, 0.25) is 5.02 Å². The second-order valence-electron chi connectivity index (χ2n) is 5.92. The van der Waals surface area contributed by atoms with Crippen molar-refractivity contribution in [2.45, 2.75) is 25.4 Å². The van der Waals surface area contributed by atoms with Crippen LogP contribution >= 0.6 is 11.6 Å². The Morgan fingerprint density at radius 1 is 1.36 bits per heavy atom. The Balaban J connectivity index is 1.48. The topological polar surface area (TPSA) is 65.4 Å². The molecule has 0 bridgehead atoms. The summed E-state index contributed by atoms with van der Waals surface area (Å²) in [6.45, 7) is 2.78. The van der Waals surface area contributed by atoms with E-state index in [-0.39, 0.29) is 16.7 Å². The molecule has 1 saturated heterocycles. The second kappa shape index (κ2) is 8.99. The third-order valence-corrected chi connectivity index (χ3v) is 4.39. The lowest BCUT2D eigenvalue weighted by Crippen LogP contribution is -2.23. The molecule has 134 valence electrons. The molecule has 1 aliphatic rings. The monoisotopic (exact) mass is 363 g/mol. The largest absolute Gasteiger partial charge is 0.382 e. The molecule has 1 N–H and O–H groups in total. The Bertz CT molecular complexity index is 730. The van der Waals surface area contributed by atoms with Crippen molar-refractivity contribution in [2.75, 3.05) is 31.7 Å². The molecule has 1 aromatic carbocycles. The second-order valence-corrected chi connectivity index (χ2v) is 6.29. The smallest absolute Gasteiger partial charge is 0.292 e. The summed E-state index contributed by atoms with van der Waals surface area (Å²) >= 11 is 6.19. The molecule has 0 spiro atoms. The highest BCUT2D eigenvalue weighted by Gasteiger charge is 2.15. The molecule has 1 fully saturated rings. The van der Waals surface area contributed by atoms with E-state index in [4.69, 9.17) is 21.1 Å². The number of nitrogens with zero attached hydrogens (tertiary/aromatic N) is 2. The highest BCUT2D eigenvalue weighted by molar-refractivity contribution is 6.32. The lowest BCUT2D eigenvalue weighted by molar-refractivity contribution is 0.0172. The van der Waals surface area contributed by atoms with Gasteiger partial charge in [0.25, 0.3) is 5.56 Å². The van der Waals surface area contributed by atoms with Crippen LogP contribution in [-0.2, 0) is 9.47 Å². The van der Waals surface area contributed by atoms with E-state index in [0.717, 1.165) is 25.9 Å². The van der Waals surface area contributed by atoms with Crippen LogP contribution in [0.25, 0.3) is 5.69 Å². The number of nitrogens with one attached hydrogen (secondary N) is 1. The first-order chi connectivity index (χ1) is 12.3. The maximum absolute atomic E-state index is 12.4. The fourth-order valence-electron chi connectivity index (χ4n) is 2.70. The van der Waals surface area contributed by atoms with Crippen LogP contribution in [0.4, 0.5) is 5.69 Å². The first-order valence-electron chi connectivity index (χ1n) is 8.52. The summed E-state index contributed by atoms with van der Waals surface area (Å²) in [5.74, 6) is 0. The first kappa shape index (κ1) is 17.9. The Labute approximate surface area is 151 Å². The van der Waals surface area contributed by atoms with Gasteiger partial charge in [0.15, 0.2) is 0 Å². The molecule has 2 aromatic rings. The number of halogens is 1. The molecule has 7 heteroatoms. The minimum absolute atomic E-state index is 0.138. The molecule has 0 amide bonds. The Morgan fingerprint density at radius 3 is 2.96 bits per heavy atom. The zero-order valence-electron chi connectivity index (χ0n) is 14.0. The molecular formula is C18H22ClN3O3. The number of rotatable bonds is 8. The lowest BCUT2D eigenvalue weighted by Gasteiger charge is -2.12. The molecule has 6 nitrogen and oxygen atoms in total. The third-order valence-electron chi connectivity index (χ3n) is 4.03. The van der Waals surface area contributed by atoms with Crippen LogP contribution in [0, 0.1) is 0 Å². The summed E-state index contributed by atoms with van der Waals surface area (Å²) in [4.78, 5) is 12.4. The lowest BCUT2D eigenvalue weighted by atomic mass is 10.2. The number of aromatic nitrogens is 2. The summed E-state index contributed by atoms with van der Waals surface area (Å²) in [6, 6.07) is 9.19. The molecule has 1 aliphatic heterocycles. The van der Waals surface area contributed by atoms with Crippen molar-refractivity contribution < 1.29 is 9.47 Å². The van der Waals surface area contributed by atoms with Gasteiger partial charge in [0.05, 0.1) is 30.3 Å². The van der Waals surface area contributed by atoms with Crippen molar-refractivity contribution in [3.05, 3.63) is 51.9 Å². The molecule has 0 saturated carbocycles. The van der Waals surface area contributed by atoms with Gasteiger partial charge in [-0.15, -0.1) is 0 Å². The number of benzene rings is 1. The summed E-state index contributed by atoms with van der Waals surface area (Å²) in [7, 11) is 0. The van der Waals surface area contributed by atoms with Gasteiger partial charge in [0.1, 0.15) is 5.02 Å². The van der Waals surface area contributed by atoms with Gasteiger partial charge in [-0.1, -0.05) is 29.8 Å². The average molecular weight is 364 g/mol. The molecule has 3 rings (SSSR count). The van der Waals surface area contributed by atoms with Gasteiger partial charge in [0, 0.05) is 19.8 Å². The van der Waals surface area contributed by atoms with E-state index >= 15 is 0 Å². The predicted octanol–water partition coefficient (Wildman–Crippen LogP) is 2.88. The first-order valence-corrected chi connectivity index (χ1v) is 8.90. The van der Waals surface area contributed by atoms with Gasteiger partial charge in [-0.3, -0.25) is 4.79 Å². The van der Waals surface area contributed by atoms with Crippen LogP contribution < -0.4 is 10.9 Å². The number of ether oxygens (including phenoxy) is 2. The van der Waals surface area contributed by atoms with E-state index in [2.05, 4.69) is 10.4 Å². The quantitative estimate of drug-likeness (QED) is 0.730. The molecule has 0 radical (unpaired) electrons. The number of hydrogen-bond donors (Lipinski definition) is 1. The van der Waals surface area contributed by atoms with Crippen LogP contribution in [0.1, 0.15) is 19.3 Å². The van der Waals surface area contributed by atoms with Gasteiger partial charge in [0.2, 0.25) is 0 Å². The summed E-state index contributed by atoms with van der Waals surface area (Å²) in [5, 5.41) is 7.47. The van der Waals surface area contributed by atoms with Crippen molar-refractivity contribution in [1.82, 2.24) is 9.78 Å². The van der Waals surface area contributed by atoms with Crippen molar-refractivity contribution in [3.63, 3.8) is 0 Å². The summed E-state index contributed by atoms with van der Waals surface area (Å²) in [6.07, 6.45) is 4.83. The van der Waals surface area contributed by atoms with Crippen molar-refractivity contribution in [2.24, 2.45) is 0 Å². The van der Waals surface area contributed by atoms with Gasteiger partial charge in [-0.05, 0) is 31.4 Å². The molecule has 2 heterocycles. The van der Waals surface area contributed by atoms with Gasteiger partial charge in [-0.2, -0.15) is 9.78 Å². The Hall–Kier alpha value is -1.89.